The summed E-state index contributed by atoms with van der Waals surface area (Å²) in [6.45, 7) is 5.26. The molecule has 4 heterocycles. The molecule has 0 spiro atoms. The molecule has 2 aliphatic heterocycles. The number of carbonyl (C=O) groups is 1. The van der Waals surface area contributed by atoms with Crippen LogP contribution in [-0.4, -0.2) is 43.2 Å². The second kappa shape index (κ2) is 5.66. The zero-order valence-electron chi connectivity index (χ0n) is 14.2. The van der Waals surface area contributed by atoms with Gasteiger partial charge in [-0.1, -0.05) is 0 Å². The molecule has 4 rings (SSSR count). The van der Waals surface area contributed by atoms with E-state index in [1.807, 2.05) is 25.8 Å². The van der Waals surface area contributed by atoms with Crippen molar-refractivity contribution in [3.05, 3.63) is 40.7 Å². The van der Waals surface area contributed by atoms with Crippen LogP contribution in [0.1, 0.15) is 53.0 Å². The van der Waals surface area contributed by atoms with Crippen molar-refractivity contribution in [1.29, 1.82) is 0 Å². The Labute approximate surface area is 140 Å². The molecule has 0 radical (unpaired) electrons. The van der Waals surface area contributed by atoms with Gasteiger partial charge in [0, 0.05) is 50.3 Å². The minimum Gasteiger partial charge on any atom is -0.369 e. The molecular weight excluding hydrogens is 306 g/mol. The van der Waals surface area contributed by atoms with Crippen LogP contribution in [0.5, 0.6) is 0 Å². The van der Waals surface area contributed by atoms with Crippen molar-refractivity contribution in [1.82, 2.24) is 24.6 Å². The van der Waals surface area contributed by atoms with Crippen LogP contribution in [0.25, 0.3) is 0 Å². The number of hydrogen-bond acceptors (Lipinski definition) is 5. The van der Waals surface area contributed by atoms with Gasteiger partial charge in [-0.2, -0.15) is 5.10 Å². The zero-order valence-corrected chi connectivity index (χ0v) is 14.2. The first-order chi connectivity index (χ1) is 11.5. The van der Waals surface area contributed by atoms with Crippen LogP contribution in [0.15, 0.2) is 12.5 Å². The standard InChI is InChI=1S/C17H21N5O2/c1-10-6-13-15(20-21(3)16(13)11(2)24-10)17(23)22-5-4-14-12(8-22)7-18-9-19-14/h7,9-11H,4-6,8H2,1-3H3/t10-,11+/m1/s1. The SMILES string of the molecule is C[C@@H]1Cc2c(C(=O)N3CCc4ncncc4C3)nn(C)c2[C@H](C)O1. The van der Waals surface area contributed by atoms with E-state index >= 15 is 0 Å². The molecule has 0 saturated carbocycles. The number of ether oxygens (including phenoxy) is 1. The van der Waals surface area contributed by atoms with Crippen LogP contribution in [0.3, 0.4) is 0 Å². The molecule has 2 atom stereocenters. The molecule has 24 heavy (non-hydrogen) atoms. The summed E-state index contributed by atoms with van der Waals surface area (Å²) in [6.07, 6.45) is 4.90. The maximum atomic E-state index is 13.1. The lowest BCUT2D eigenvalue weighted by Gasteiger charge is -2.29. The molecule has 0 fully saturated rings. The van der Waals surface area contributed by atoms with Gasteiger partial charge in [0.2, 0.25) is 0 Å². The van der Waals surface area contributed by atoms with Crippen molar-refractivity contribution in [2.75, 3.05) is 6.54 Å². The van der Waals surface area contributed by atoms with Gasteiger partial charge in [-0.15, -0.1) is 0 Å². The van der Waals surface area contributed by atoms with Crippen molar-refractivity contribution >= 4 is 5.91 Å². The summed E-state index contributed by atoms with van der Waals surface area (Å²) in [4.78, 5) is 23.3. The monoisotopic (exact) mass is 327 g/mol. The maximum absolute atomic E-state index is 13.1. The first kappa shape index (κ1) is 15.3. The van der Waals surface area contributed by atoms with E-state index in [-0.39, 0.29) is 18.1 Å². The summed E-state index contributed by atoms with van der Waals surface area (Å²) in [6, 6.07) is 0. The number of aromatic nitrogens is 4. The molecule has 0 aromatic carbocycles. The molecule has 1 amide bonds. The van der Waals surface area contributed by atoms with Crippen LogP contribution in [0.4, 0.5) is 0 Å². The van der Waals surface area contributed by atoms with Crippen LogP contribution >= 0.6 is 0 Å². The first-order valence-electron chi connectivity index (χ1n) is 8.33. The molecule has 7 heteroatoms. The Bertz CT molecular complexity index is 800. The van der Waals surface area contributed by atoms with Crippen LogP contribution in [-0.2, 0) is 31.2 Å². The number of amides is 1. The van der Waals surface area contributed by atoms with Gasteiger partial charge in [-0.25, -0.2) is 9.97 Å². The third kappa shape index (κ3) is 2.39. The Morgan fingerprint density at radius 2 is 2.21 bits per heavy atom. The first-order valence-corrected chi connectivity index (χ1v) is 8.33. The molecular formula is C17H21N5O2. The summed E-state index contributed by atoms with van der Waals surface area (Å²) < 4.78 is 7.67. The van der Waals surface area contributed by atoms with Crippen molar-refractivity contribution in [2.24, 2.45) is 7.05 Å². The lowest BCUT2D eigenvalue weighted by Crippen LogP contribution is -2.37. The van der Waals surface area contributed by atoms with E-state index < -0.39 is 0 Å². The minimum absolute atomic E-state index is 0.0114. The zero-order chi connectivity index (χ0) is 16.8. The van der Waals surface area contributed by atoms with Crippen LogP contribution < -0.4 is 0 Å². The highest BCUT2D eigenvalue weighted by atomic mass is 16.5. The second-order valence-electron chi connectivity index (χ2n) is 6.60. The Kier molecular flexibility index (Phi) is 3.60. The highest BCUT2D eigenvalue weighted by Gasteiger charge is 2.33. The van der Waals surface area contributed by atoms with E-state index in [9.17, 15) is 4.79 Å². The third-order valence-electron chi connectivity index (χ3n) is 4.86. The number of aryl methyl sites for hydroxylation is 1. The Hall–Kier alpha value is -2.28. The molecule has 0 saturated heterocycles. The molecule has 126 valence electrons. The summed E-state index contributed by atoms with van der Waals surface area (Å²) in [5.41, 5.74) is 4.66. The van der Waals surface area contributed by atoms with Crippen molar-refractivity contribution < 1.29 is 9.53 Å². The Morgan fingerprint density at radius 1 is 1.38 bits per heavy atom. The number of fused-ring (bicyclic) bond motifs is 2. The lowest BCUT2D eigenvalue weighted by atomic mass is 9.98. The van der Waals surface area contributed by atoms with Gasteiger partial charge >= 0.3 is 0 Å². The quantitative estimate of drug-likeness (QED) is 0.792. The van der Waals surface area contributed by atoms with E-state index in [2.05, 4.69) is 15.1 Å². The molecule has 7 nitrogen and oxygen atoms in total. The van der Waals surface area contributed by atoms with E-state index in [0.29, 0.717) is 18.8 Å². The highest BCUT2D eigenvalue weighted by molar-refractivity contribution is 5.94. The molecule has 2 aromatic rings. The van der Waals surface area contributed by atoms with E-state index in [1.165, 1.54) is 0 Å². The average Bonchev–Trinajstić information content (AvgIpc) is 2.90. The van der Waals surface area contributed by atoms with Gasteiger partial charge in [0.05, 0.1) is 23.6 Å². The molecule has 0 N–H and O–H groups in total. The lowest BCUT2D eigenvalue weighted by molar-refractivity contribution is -0.00907. The topological polar surface area (TPSA) is 73.1 Å². The van der Waals surface area contributed by atoms with Crippen molar-refractivity contribution in [3.63, 3.8) is 0 Å². The predicted molar refractivity (Wildman–Crippen MR) is 86.4 cm³/mol. The fourth-order valence-corrected chi connectivity index (χ4v) is 3.80. The second-order valence-corrected chi connectivity index (χ2v) is 6.60. The largest absolute Gasteiger partial charge is 0.369 e. The third-order valence-corrected chi connectivity index (χ3v) is 4.86. The van der Waals surface area contributed by atoms with E-state index in [1.54, 1.807) is 17.2 Å². The fourth-order valence-electron chi connectivity index (χ4n) is 3.80. The summed E-state index contributed by atoms with van der Waals surface area (Å²) in [5, 5.41) is 4.52. The molecule has 2 aromatic heterocycles. The minimum atomic E-state index is -0.0433. The maximum Gasteiger partial charge on any atom is 0.274 e. The van der Waals surface area contributed by atoms with Crippen LogP contribution in [0, 0.1) is 0 Å². The van der Waals surface area contributed by atoms with Crippen LogP contribution in [0.2, 0.25) is 0 Å². The molecule has 0 unspecified atom stereocenters. The highest BCUT2D eigenvalue weighted by Crippen LogP contribution is 2.32. The normalized spacial score (nSPS) is 22.9. The summed E-state index contributed by atoms with van der Waals surface area (Å²) >= 11 is 0. The number of hydrogen-bond donors (Lipinski definition) is 0. The van der Waals surface area contributed by atoms with Gasteiger partial charge in [-0.05, 0) is 13.8 Å². The van der Waals surface area contributed by atoms with Gasteiger partial charge in [0.1, 0.15) is 6.33 Å². The van der Waals surface area contributed by atoms with Gasteiger partial charge in [0.15, 0.2) is 5.69 Å². The van der Waals surface area contributed by atoms with Crippen molar-refractivity contribution in [2.45, 2.75) is 45.4 Å². The number of nitrogens with zero attached hydrogens (tertiary/aromatic N) is 5. The van der Waals surface area contributed by atoms with E-state index in [4.69, 9.17) is 4.74 Å². The van der Waals surface area contributed by atoms with E-state index in [0.717, 1.165) is 35.4 Å². The molecule has 0 bridgehead atoms. The van der Waals surface area contributed by atoms with Gasteiger partial charge in [-0.3, -0.25) is 9.48 Å². The van der Waals surface area contributed by atoms with Gasteiger partial charge in [0.25, 0.3) is 5.91 Å². The smallest absolute Gasteiger partial charge is 0.274 e. The van der Waals surface area contributed by atoms with Crippen molar-refractivity contribution in [3.8, 4) is 0 Å². The summed E-state index contributed by atoms with van der Waals surface area (Å²) in [7, 11) is 1.88. The Morgan fingerprint density at radius 3 is 3.04 bits per heavy atom. The summed E-state index contributed by atoms with van der Waals surface area (Å²) in [5.74, 6) is -0.0114. The predicted octanol–water partition coefficient (Wildman–Crippen LogP) is 1.43. The number of carbonyl (C=O) groups excluding carboxylic acids is 1. The molecule has 0 aliphatic carbocycles. The van der Waals surface area contributed by atoms with Gasteiger partial charge < -0.3 is 9.64 Å². The molecule has 2 aliphatic rings. The Balaban J connectivity index is 1.66. The number of rotatable bonds is 1. The average molecular weight is 327 g/mol. The fraction of sp³-hybridized carbons (Fsp3) is 0.529.